The van der Waals surface area contributed by atoms with Crippen molar-refractivity contribution in [1.29, 1.82) is 0 Å². The van der Waals surface area contributed by atoms with Crippen LogP contribution in [0.2, 0.25) is 0 Å². The van der Waals surface area contributed by atoms with E-state index in [2.05, 4.69) is 4.90 Å². The van der Waals surface area contributed by atoms with Crippen LogP contribution in [0.5, 0.6) is 17.2 Å². The van der Waals surface area contributed by atoms with E-state index in [-0.39, 0.29) is 5.82 Å². The van der Waals surface area contributed by atoms with Gasteiger partial charge in [-0.15, -0.1) is 0 Å². The van der Waals surface area contributed by atoms with Crippen LogP contribution in [0.3, 0.4) is 0 Å². The number of ether oxygens (including phenoxy) is 2. The van der Waals surface area contributed by atoms with Crippen molar-refractivity contribution < 1.29 is 13.9 Å². The van der Waals surface area contributed by atoms with Crippen molar-refractivity contribution in [2.75, 3.05) is 26.2 Å². The molecule has 0 bridgehead atoms. The van der Waals surface area contributed by atoms with E-state index < -0.39 is 0 Å². The first kappa shape index (κ1) is 17.7. The standard InChI is InChI=1S/C21H26FNO2/c1-17-6-9-19(10-7-17)25-20-11-8-18(22)16-21(20)24-15-5-14-23-12-3-2-4-13-23/h6-11,16H,2-5,12-15H2,1H3. The van der Waals surface area contributed by atoms with Gasteiger partial charge in [-0.2, -0.15) is 0 Å². The van der Waals surface area contributed by atoms with E-state index in [1.807, 2.05) is 31.2 Å². The third-order valence-electron chi connectivity index (χ3n) is 4.48. The summed E-state index contributed by atoms with van der Waals surface area (Å²) in [6, 6.07) is 12.2. The first-order chi connectivity index (χ1) is 12.2. The van der Waals surface area contributed by atoms with Gasteiger partial charge in [-0.05, 0) is 63.5 Å². The Balaban J connectivity index is 1.56. The molecular formula is C21H26FNO2. The molecule has 4 heteroatoms. The molecule has 1 aliphatic rings. The molecule has 2 aromatic carbocycles. The van der Waals surface area contributed by atoms with E-state index in [1.54, 1.807) is 6.07 Å². The second-order valence-electron chi connectivity index (χ2n) is 6.61. The predicted octanol–water partition coefficient (Wildman–Crippen LogP) is 5.18. The van der Waals surface area contributed by atoms with Gasteiger partial charge in [-0.1, -0.05) is 24.1 Å². The van der Waals surface area contributed by atoms with Gasteiger partial charge in [0.15, 0.2) is 11.5 Å². The molecule has 1 saturated heterocycles. The monoisotopic (exact) mass is 343 g/mol. The lowest BCUT2D eigenvalue weighted by molar-refractivity contribution is 0.203. The Labute approximate surface area is 149 Å². The number of rotatable bonds is 7. The maximum Gasteiger partial charge on any atom is 0.169 e. The van der Waals surface area contributed by atoms with Crippen LogP contribution in [-0.2, 0) is 0 Å². The summed E-state index contributed by atoms with van der Waals surface area (Å²) < 4.78 is 25.3. The van der Waals surface area contributed by atoms with Crippen molar-refractivity contribution >= 4 is 0 Å². The van der Waals surface area contributed by atoms with Crippen molar-refractivity contribution in [3.8, 4) is 17.2 Å². The molecule has 0 aliphatic carbocycles. The molecule has 0 unspecified atom stereocenters. The number of hydrogen-bond acceptors (Lipinski definition) is 3. The Kier molecular flexibility index (Phi) is 6.29. The fourth-order valence-corrected chi connectivity index (χ4v) is 3.07. The molecule has 2 aromatic rings. The van der Waals surface area contributed by atoms with Crippen LogP contribution in [0, 0.1) is 12.7 Å². The summed E-state index contributed by atoms with van der Waals surface area (Å²) in [5, 5.41) is 0. The molecule has 1 heterocycles. The Morgan fingerprint density at radius 2 is 1.72 bits per heavy atom. The first-order valence-corrected chi connectivity index (χ1v) is 9.10. The lowest BCUT2D eigenvalue weighted by atomic mass is 10.1. The maximum absolute atomic E-state index is 13.6. The summed E-state index contributed by atoms with van der Waals surface area (Å²) in [5.74, 6) is 1.40. The van der Waals surface area contributed by atoms with E-state index in [9.17, 15) is 4.39 Å². The number of halogens is 1. The van der Waals surface area contributed by atoms with Crippen LogP contribution in [0.4, 0.5) is 4.39 Å². The maximum atomic E-state index is 13.6. The van der Waals surface area contributed by atoms with Gasteiger partial charge >= 0.3 is 0 Å². The predicted molar refractivity (Wildman–Crippen MR) is 98.1 cm³/mol. The second-order valence-corrected chi connectivity index (χ2v) is 6.61. The zero-order chi connectivity index (χ0) is 17.5. The smallest absolute Gasteiger partial charge is 0.169 e. The average molecular weight is 343 g/mol. The number of piperidine rings is 1. The Hall–Kier alpha value is -2.07. The highest BCUT2D eigenvalue weighted by molar-refractivity contribution is 5.43. The lowest BCUT2D eigenvalue weighted by Crippen LogP contribution is -2.31. The first-order valence-electron chi connectivity index (χ1n) is 9.10. The SMILES string of the molecule is Cc1ccc(Oc2ccc(F)cc2OCCCN2CCCCC2)cc1. The summed E-state index contributed by atoms with van der Waals surface area (Å²) in [6.45, 7) is 5.98. The lowest BCUT2D eigenvalue weighted by Gasteiger charge is -2.26. The fraction of sp³-hybridized carbons (Fsp3) is 0.429. The molecule has 0 saturated carbocycles. The van der Waals surface area contributed by atoms with E-state index in [4.69, 9.17) is 9.47 Å². The van der Waals surface area contributed by atoms with Gasteiger partial charge < -0.3 is 14.4 Å². The average Bonchev–Trinajstić information content (AvgIpc) is 2.63. The number of likely N-dealkylation sites (tertiary alicyclic amines) is 1. The molecule has 134 valence electrons. The summed E-state index contributed by atoms with van der Waals surface area (Å²) in [4.78, 5) is 2.47. The van der Waals surface area contributed by atoms with Crippen molar-refractivity contribution in [2.45, 2.75) is 32.6 Å². The molecule has 3 nitrogen and oxygen atoms in total. The topological polar surface area (TPSA) is 21.7 Å². The molecule has 1 aliphatic heterocycles. The molecule has 1 fully saturated rings. The summed E-state index contributed by atoms with van der Waals surface area (Å²) in [7, 11) is 0. The highest BCUT2D eigenvalue weighted by Gasteiger charge is 2.11. The number of hydrogen-bond donors (Lipinski definition) is 0. The molecule has 0 amide bonds. The van der Waals surface area contributed by atoms with Gasteiger partial charge in [0.25, 0.3) is 0 Å². The molecule has 25 heavy (non-hydrogen) atoms. The highest BCUT2D eigenvalue weighted by atomic mass is 19.1. The quantitative estimate of drug-likeness (QED) is 0.647. The van der Waals surface area contributed by atoms with Gasteiger partial charge in [0.2, 0.25) is 0 Å². The summed E-state index contributed by atoms with van der Waals surface area (Å²) in [5.41, 5.74) is 1.17. The normalized spacial score (nSPS) is 15.1. The van der Waals surface area contributed by atoms with Gasteiger partial charge in [0.05, 0.1) is 6.61 Å². The molecular weight excluding hydrogens is 317 g/mol. The van der Waals surface area contributed by atoms with Crippen LogP contribution < -0.4 is 9.47 Å². The van der Waals surface area contributed by atoms with Gasteiger partial charge in [-0.25, -0.2) is 4.39 Å². The zero-order valence-corrected chi connectivity index (χ0v) is 14.8. The minimum atomic E-state index is -0.317. The fourth-order valence-electron chi connectivity index (χ4n) is 3.07. The molecule has 0 atom stereocenters. The van der Waals surface area contributed by atoms with Crippen molar-refractivity contribution in [1.82, 2.24) is 4.90 Å². The van der Waals surface area contributed by atoms with E-state index >= 15 is 0 Å². The van der Waals surface area contributed by atoms with Crippen molar-refractivity contribution in [3.05, 3.63) is 53.8 Å². The van der Waals surface area contributed by atoms with E-state index in [1.165, 1.54) is 50.0 Å². The minimum Gasteiger partial charge on any atom is -0.490 e. The largest absolute Gasteiger partial charge is 0.490 e. The Bertz CT molecular complexity index is 666. The second kappa shape index (κ2) is 8.86. The van der Waals surface area contributed by atoms with Gasteiger partial charge in [0.1, 0.15) is 11.6 Å². The van der Waals surface area contributed by atoms with Gasteiger partial charge in [0, 0.05) is 12.6 Å². The van der Waals surface area contributed by atoms with Crippen LogP contribution in [-0.4, -0.2) is 31.1 Å². The molecule has 3 rings (SSSR count). The third-order valence-corrected chi connectivity index (χ3v) is 4.48. The Morgan fingerprint density at radius 1 is 0.960 bits per heavy atom. The highest BCUT2D eigenvalue weighted by Crippen LogP contribution is 2.32. The van der Waals surface area contributed by atoms with Crippen molar-refractivity contribution in [3.63, 3.8) is 0 Å². The molecule has 0 aromatic heterocycles. The third kappa shape index (κ3) is 5.46. The van der Waals surface area contributed by atoms with E-state index in [0.717, 1.165) is 18.7 Å². The number of nitrogens with zero attached hydrogens (tertiary/aromatic N) is 1. The zero-order valence-electron chi connectivity index (χ0n) is 14.8. The van der Waals surface area contributed by atoms with Crippen LogP contribution in [0.1, 0.15) is 31.2 Å². The van der Waals surface area contributed by atoms with Crippen LogP contribution in [0.15, 0.2) is 42.5 Å². The summed E-state index contributed by atoms with van der Waals surface area (Å²) in [6.07, 6.45) is 4.86. The van der Waals surface area contributed by atoms with E-state index in [0.29, 0.717) is 18.1 Å². The molecule has 0 radical (unpaired) electrons. The van der Waals surface area contributed by atoms with Crippen LogP contribution in [0.25, 0.3) is 0 Å². The molecule has 0 spiro atoms. The molecule has 0 N–H and O–H groups in total. The number of benzene rings is 2. The summed E-state index contributed by atoms with van der Waals surface area (Å²) >= 11 is 0. The number of aryl methyl sites for hydroxylation is 1. The van der Waals surface area contributed by atoms with Crippen LogP contribution >= 0.6 is 0 Å². The Morgan fingerprint density at radius 3 is 2.48 bits per heavy atom. The van der Waals surface area contributed by atoms with Crippen molar-refractivity contribution in [2.24, 2.45) is 0 Å². The van der Waals surface area contributed by atoms with Gasteiger partial charge in [-0.3, -0.25) is 0 Å². The minimum absolute atomic E-state index is 0.317.